The third-order valence-corrected chi connectivity index (χ3v) is 7.46. The number of pyridine rings is 1. The smallest absolute Gasteiger partial charge is 0.325 e. The molecule has 0 saturated heterocycles. The highest BCUT2D eigenvalue weighted by Gasteiger charge is 2.61. The maximum atomic E-state index is 12.1. The van der Waals surface area contributed by atoms with Crippen molar-refractivity contribution < 1.29 is 9.90 Å². The molecule has 1 aromatic carbocycles. The van der Waals surface area contributed by atoms with Gasteiger partial charge in [-0.15, -0.1) is 11.3 Å². The molecular weight excluding hydrogens is 426 g/mol. The van der Waals surface area contributed by atoms with E-state index in [0.29, 0.717) is 11.4 Å². The zero-order chi connectivity index (χ0) is 20.6. The van der Waals surface area contributed by atoms with Gasteiger partial charge in [0, 0.05) is 31.9 Å². The minimum Gasteiger partial charge on any atom is -0.480 e. The third kappa shape index (κ3) is 4.14. The van der Waals surface area contributed by atoms with Crippen LogP contribution in [0.5, 0.6) is 0 Å². The van der Waals surface area contributed by atoms with E-state index < -0.39 is 11.5 Å². The second-order valence-corrected chi connectivity index (χ2v) is 9.83. The molecule has 0 amide bonds. The maximum absolute atomic E-state index is 12.1. The fraction of sp³-hybridized carbons (Fsp3) is 0.238. The van der Waals surface area contributed by atoms with E-state index in [1.165, 1.54) is 11.9 Å². The van der Waals surface area contributed by atoms with Crippen LogP contribution >= 0.6 is 34.9 Å². The van der Waals surface area contributed by atoms with Gasteiger partial charge in [0.2, 0.25) is 0 Å². The molecular formula is C21H20ClN3O2S2. The van der Waals surface area contributed by atoms with Crippen molar-refractivity contribution >= 4 is 46.5 Å². The highest BCUT2D eigenvalue weighted by molar-refractivity contribution is 7.99. The Kier molecular flexibility index (Phi) is 5.57. The molecule has 0 radical (unpaired) electrons. The molecule has 150 valence electrons. The number of carbonyl (C=O) groups is 1. The lowest BCUT2D eigenvalue weighted by molar-refractivity contribution is -0.140. The van der Waals surface area contributed by atoms with Crippen LogP contribution in [0.1, 0.15) is 17.9 Å². The van der Waals surface area contributed by atoms with E-state index in [2.05, 4.69) is 15.8 Å². The predicted octanol–water partition coefficient (Wildman–Crippen LogP) is 5.14. The van der Waals surface area contributed by atoms with E-state index in [4.69, 9.17) is 11.6 Å². The number of thiophene rings is 1. The Bertz CT molecular complexity index is 1040. The largest absolute Gasteiger partial charge is 0.480 e. The number of benzene rings is 1. The number of rotatable bonds is 7. The summed E-state index contributed by atoms with van der Waals surface area (Å²) in [4.78, 5) is 19.4. The summed E-state index contributed by atoms with van der Waals surface area (Å²) < 4.78 is 4.22. The fourth-order valence-electron chi connectivity index (χ4n) is 3.25. The molecule has 2 aromatic heterocycles. The molecule has 1 fully saturated rings. The Hall–Kier alpha value is -2.06. The number of nitrogens with one attached hydrogen (secondary N) is 1. The van der Waals surface area contributed by atoms with E-state index in [-0.39, 0.29) is 5.92 Å². The van der Waals surface area contributed by atoms with Crippen LogP contribution in [0, 0.1) is 0 Å². The summed E-state index contributed by atoms with van der Waals surface area (Å²) in [6.45, 7) is 0. The van der Waals surface area contributed by atoms with E-state index in [1.54, 1.807) is 17.5 Å². The molecule has 1 aliphatic carbocycles. The van der Waals surface area contributed by atoms with Gasteiger partial charge in [0.1, 0.15) is 5.54 Å². The Morgan fingerprint density at radius 2 is 2.14 bits per heavy atom. The number of anilines is 1. The molecule has 29 heavy (non-hydrogen) atoms. The van der Waals surface area contributed by atoms with E-state index in [1.807, 2.05) is 61.5 Å². The molecule has 2 N–H and O–H groups in total. The number of aromatic nitrogens is 1. The monoisotopic (exact) mass is 445 g/mol. The van der Waals surface area contributed by atoms with Gasteiger partial charge in [0.15, 0.2) is 0 Å². The molecule has 0 spiro atoms. The Morgan fingerprint density at radius 1 is 1.31 bits per heavy atom. The summed E-state index contributed by atoms with van der Waals surface area (Å²) in [6.07, 6.45) is 2.20. The fourth-order valence-corrected chi connectivity index (χ4v) is 5.37. The number of halogens is 1. The van der Waals surface area contributed by atoms with Crippen molar-refractivity contribution in [2.24, 2.45) is 0 Å². The minimum absolute atomic E-state index is 0.0511. The van der Waals surface area contributed by atoms with Gasteiger partial charge in [0.25, 0.3) is 0 Å². The first-order valence-corrected chi connectivity index (χ1v) is 11.1. The van der Waals surface area contributed by atoms with E-state index >= 15 is 0 Å². The Morgan fingerprint density at radius 3 is 2.83 bits per heavy atom. The van der Waals surface area contributed by atoms with Crippen molar-refractivity contribution in [2.45, 2.75) is 22.1 Å². The zero-order valence-corrected chi connectivity index (χ0v) is 18.3. The first kappa shape index (κ1) is 20.2. The molecule has 3 aromatic rings. The van der Waals surface area contributed by atoms with Gasteiger partial charge in [-0.3, -0.25) is 9.78 Å². The second-order valence-electron chi connectivity index (χ2n) is 7.21. The molecule has 8 heteroatoms. The summed E-state index contributed by atoms with van der Waals surface area (Å²) in [5.41, 5.74) is 2.02. The SMILES string of the molecule is CN(C)c1cccc(C2CC2(NSc2ccc(-c3ccc(Cl)cn3)s2)C(=O)O)c1. The normalized spacial score (nSPS) is 20.4. The van der Waals surface area contributed by atoms with Crippen LogP contribution in [0.2, 0.25) is 5.02 Å². The molecule has 4 rings (SSSR count). The highest BCUT2D eigenvalue weighted by atomic mass is 35.5. The van der Waals surface area contributed by atoms with Gasteiger partial charge in [-0.2, -0.15) is 0 Å². The van der Waals surface area contributed by atoms with Crippen LogP contribution in [0.4, 0.5) is 5.69 Å². The second kappa shape index (κ2) is 7.99. The topological polar surface area (TPSA) is 65.5 Å². The van der Waals surface area contributed by atoms with Crippen LogP contribution in [-0.4, -0.2) is 35.7 Å². The van der Waals surface area contributed by atoms with Crippen LogP contribution < -0.4 is 9.62 Å². The molecule has 0 bridgehead atoms. The van der Waals surface area contributed by atoms with E-state index in [0.717, 1.165) is 26.0 Å². The van der Waals surface area contributed by atoms with Crippen molar-refractivity contribution in [2.75, 3.05) is 19.0 Å². The number of nitrogens with zero attached hydrogens (tertiary/aromatic N) is 2. The predicted molar refractivity (Wildman–Crippen MR) is 120 cm³/mol. The van der Waals surface area contributed by atoms with Crippen molar-refractivity contribution in [3.8, 4) is 10.6 Å². The molecule has 0 aliphatic heterocycles. The van der Waals surface area contributed by atoms with Gasteiger partial charge in [-0.05, 0) is 60.3 Å². The summed E-state index contributed by atoms with van der Waals surface area (Å²) >= 11 is 8.84. The molecule has 5 nitrogen and oxygen atoms in total. The standard InChI is InChI=1S/C21H20ClN3O2S2/c1-25(2)15-5-3-4-13(10-15)16-11-21(16,20(26)27)24-29-19-9-8-18(28-19)17-7-6-14(22)12-23-17/h3-10,12,16,24H,11H2,1-2H3,(H,26,27). The van der Waals surface area contributed by atoms with Gasteiger partial charge in [-0.25, -0.2) is 4.72 Å². The van der Waals surface area contributed by atoms with Crippen LogP contribution in [0.15, 0.2) is 58.9 Å². The van der Waals surface area contributed by atoms with Crippen molar-refractivity contribution in [1.29, 1.82) is 0 Å². The first-order chi connectivity index (χ1) is 13.9. The number of carboxylic acids is 1. The lowest BCUT2D eigenvalue weighted by atomic mass is 10.1. The highest BCUT2D eigenvalue weighted by Crippen LogP contribution is 2.53. The van der Waals surface area contributed by atoms with Crippen molar-refractivity contribution in [1.82, 2.24) is 9.71 Å². The quantitative estimate of drug-likeness (QED) is 0.491. The average molecular weight is 446 g/mol. The summed E-state index contributed by atoms with van der Waals surface area (Å²) in [5, 5.41) is 10.5. The lowest BCUT2D eigenvalue weighted by Crippen LogP contribution is -2.36. The van der Waals surface area contributed by atoms with Crippen molar-refractivity contribution in [3.05, 3.63) is 65.3 Å². The van der Waals surface area contributed by atoms with Crippen LogP contribution in [0.3, 0.4) is 0 Å². The van der Waals surface area contributed by atoms with Crippen molar-refractivity contribution in [3.63, 3.8) is 0 Å². The maximum Gasteiger partial charge on any atom is 0.325 e. The minimum atomic E-state index is -0.946. The third-order valence-electron chi connectivity index (χ3n) is 5.03. The van der Waals surface area contributed by atoms with Crippen LogP contribution in [-0.2, 0) is 4.79 Å². The molecule has 1 saturated carbocycles. The first-order valence-electron chi connectivity index (χ1n) is 9.05. The molecule has 1 aliphatic rings. The molecule has 2 heterocycles. The number of carboxylic acid groups (broad SMARTS) is 1. The lowest BCUT2D eigenvalue weighted by Gasteiger charge is -2.16. The van der Waals surface area contributed by atoms with E-state index in [9.17, 15) is 9.90 Å². The average Bonchev–Trinajstić information content (AvgIpc) is 3.28. The number of hydrogen-bond donors (Lipinski definition) is 2. The molecule has 2 unspecified atom stereocenters. The Balaban J connectivity index is 1.47. The summed E-state index contributed by atoms with van der Waals surface area (Å²) in [5.74, 6) is -0.869. The zero-order valence-electron chi connectivity index (χ0n) is 15.9. The van der Waals surface area contributed by atoms with Gasteiger partial charge >= 0.3 is 5.97 Å². The van der Waals surface area contributed by atoms with Gasteiger partial charge < -0.3 is 10.0 Å². The van der Waals surface area contributed by atoms with Crippen LogP contribution in [0.25, 0.3) is 10.6 Å². The number of aliphatic carboxylic acids is 1. The number of hydrogen-bond acceptors (Lipinski definition) is 6. The molecule has 2 atom stereocenters. The Labute approximate surface area is 182 Å². The summed E-state index contributed by atoms with van der Waals surface area (Å²) in [6, 6.07) is 15.7. The van der Waals surface area contributed by atoms with Gasteiger partial charge in [0.05, 0.1) is 19.8 Å². The summed E-state index contributed by atoms with van der Waals surface area (Å²) in [7, 11) is 3.96. The van der Waals surface area contributed by atoms with Gasteiger partial charge in [-0.1, -0.05) is 23.7 Å².